The summed E-state index contributed by atoms with van der Waals surface area (Å²) in [6.45, 7) is 1.98. The molecule has 0 radical (unpaired) electrons. The van der Waals surface area contributed by atoms with Crippen LogP contribution in [-0.2, 0) is 0 Å². The van der Waals surface area contributed by atoms with Gasteiger partial charge in [0.1, 0.15) is 0 Å². The maximum absolute atomic E-state index is 4.41. The Bertz CT molecular complexity index is 434. The third-order valence-corrected chi connectivity index (χ3v) is 3.07. The minimum atomic E-state index is 0.0798. The first kappa shape index (κ1) is 12.2. The summed E-state index contributed by atoms with van der Waals surface area (Å²) in [5.74, 6) is 0. The zero-order valence-corrected chi connectivity index (χ0v) is 11.4. The van der Waals surface area contributed by atoms with Gasteiger partial charge in [-0.15, -0.1) is 0 Å². The van der Waals surface area contributed by atoms with E-state index in [0.29, 0.717) is 0 Å². The number of hydrogen-bond acceptors (Lipinski definition) is 3. The van der Waals surface area contributed by atoms with Crippen LogP contribution in [0.1, 0.15) is 23.0 Å². The Labute approximate surface area is 109 Å². The molecule has 1 unspecified atom stereocenters. The molecule has 2 rings (SSSR count). The van der Waals surface area contributed by atoms with Gasteiger partial charge in [-0.1, -0.05) is 6.07 Å². The van der Waals surface area contributed by atoms with E-state index in [1.165, 1.54) is 0 Å². The van der Waals surface area contributed by atoms with Gasteiger partial charge >= 0.3 is 0 Å². The van der Waals surface area contributed by atoms with Crippen LogP contribution in [-0.4, -0.2) is 17.0 Å². The minimum Gasteiger partial charge on any atom is -0.308 e. The van der Waals surface area contributed by atoms with Gasteiger partial charge < -0.3 is 5.32 Å². The van der Waals surface area contributed by atoms with Crippen molar-refractivity contribution in [2.24, 2.45) is 0 Å². The molecule has 2 aromatic rings. The predicted octanol–water partition coefficient (Wildman–Crippen LogP) is 2.86. The molecule has 1 atom stereocenters. The molecule has 0 amide bonds. The SMILES string of the molecule is CNC(c1ccc(C)nc1)c1ccc(Br)cn1. The summed E-state index contributed by atoms with van der Waals surface area (Å²) >= 11 is 3.39. The van der Waals surface area contributed by atoms with E-state index in [9.17, 15) is 0 Å². The van der Waals surface area contributed by atoms with Crippen molar-refractivity contribution in [2.45, 2.75) is 13.0 Å². The zero-order chi connectivity index (χ0) is 12.3. The van der Waals surface area contributed by atoms with E-state index in [0.717, 1.165) is 21.4 Å². The second-order valence-corrected chi connectivity index (χ2v) is 4.77. The van der Waals surface area contributed by atoms with Gasteiger partial charge in [0.25, 0.3) is 0 Å². The molecule has 0 saturated carbocycles. The van der Waals surface area contributed by atoms with Crippen molar-refractivity contribution in [2.75, 3.05) is 7.05 Å². The number of aryl methyl sites for hydroxylation is 1. The molecule has 0 aromatic carbocycles. The fourth-order valence-corrected chi connectivity index (χ4v) is 1.93. The Kier molecular flexibility index (Phi) is 3.86. The molecule has 0 aliphatic rings. The molecule has 88 valence electrons. The van der Waals surface area contributed by atoms with Crippen LogP contribution < -0.4 is 5.32 Å². The van der Waals surface area contributed by atoms with E-state index in [-0.39, 0.29) is 6.04 Å². The average Bonchev–Trinajstić information content (AvgIpc) is 2.35. The molecule has 2 aromatic heterocycles. The summed E-state index contributed by atoms with van der Waals surface area (Å²) in [6.07, 6.45) is 3.70. The highest BCUT2D eigenvalue weighted by Crippen LogP contribution is 2.20. The molecular weight excluding hydrogens is 278 g/mol. The predicted molar refractivity (Wildman–Crippen MR) is 71.8 cm³/mol. The van der Waals surface area contributed by atoms with Gasteiger partial charge in [0, 0.05) is 22.6 Å². The number of nitrogens with one attached hydrogen (secondary N) is 1. The summed E-state index contributed by atoms with van der Waals surface area (Å²) in [4.78, 5) is 8.73. The fourth-order valence-electron chi connectivity index (χ4n) is 1.69. The fraction of sp³-hybridized carbons (Fsp3) is 0.231. The monoisotopic (exact) mass is 291 g/mol. The van der Waals surface area contributed by atoms with E-state index in [1.54, 1.807) is 6.20 Å². The van der Waals surface area contributed by atoms with Crippen LogP contribution in [0.3, 0.4) is 0 Å². The topological polar surface area (TPSA) is 37.8 Å². The van der Waals surface area contributed by atoms with E-state index in [1.807, 2.05) is 38.4 Å². The molecule has 17 heavy (non-hydrogen) atoms. The third-order valence-electron chi connectivity index (χ3n) is 2.60. The maximum atomic E-state index is 4.41. The highest BCUT2D eigenvalue weighted by Gasteiger charge is 2.13. The van der Waals surface area contributed by atoms with Gasteiger partial charge in [0.05, 0.1) is 11.7 Å². The molecule has 0 saturated heterocycles. The molecule has 4 heteroatoms. The van der Waals surface area contributed by atoms with E-state index < -0.39 is 0 Å². The van der Waals surface area contributed by atoms with Gasteiger partial charge in [-0.25, -0.2) is 0 Å². The molecule has 1 N–H and O–H groups in total. The largest absolute Gasteiger partial charge is 0.308 e. The molecule has 0 bridgehead atoms. The van der Waals surface area contributed by atoms with Gasteiger partial charge in [0.15, 0.2) is 0 Å². The van der Waals surface area contributed by atoms with Crippen molar-refractivity contribution in [3.63, 3.8) is 0 Å². The number of hydrogen-bond donors (Lipinski definition) is 1. The summed E-state index contributed by atoms with van der Waals surface area (Å²) in [5, 5.41) is 3.26. The first-order valence-corrected chi connectivity index (χ1v) is 6.21. The zero-order valence-electron chi connectivity index (χ0n) is 9.81. The second-order valence-electron chi connectivity index (χ2n) is 3.86. The van der Waals surface area contributed by atoms with E-state index in [2.05, 4.69) is 37.3 Å². The second kappa shape index (κ2) is 5.38. The van der Waals surface area contributed by atoms with Gasteiger partial charge in [0.2, 0.25) is 0 Å². The first-order valence-electron chi connectivity index (χ1n) is 5.42. The number of rotatable bonds is 3. The van der Waals surface area contributed by atoms with Gasteiger partial charge in [-0.05, 0) is 53.7 Å². The molecule has 0 aliphatic heterocycles. The summed E-state index contributed by atoms with van der Waals surface area (Å²) in [7, 11) is 1.92. The number of aromatic nitrogens is 2. The van der Waals surface area contributed by atoms with Crippen LogP contribution >= 0.6 is 15.9 Å². The van der Waals surface area contributed by atoms with Crippen LogP contribution in [0, 0.1) is 6.92 Å². The van der Waals surface area contributed by atoms with Crippen molar-refractivity contribution in [1.82, 2.24) is 15.3 Å². The molecular formula is C13H14BrN3. The average molecular weight is 292 g/mol. The lowest BCUT2D eigenvalue weighted by molar-refractivity contribution is 0.667. The van der Waals surface area contributed by atoms with Crippen molar-refractivity contribution in [3.8, 4) is 0 Å². The van der Waals surface area contributed by atoms with Crippen molar-refractivity contribution in [1.29, 1.82) is 0 Å². The summed E-state index contributed by atoms with van der Waals surface area (Å²) in [6, 6.07) is 8.17. The van der Waals surface area contributed by atoms with E-state index >= 15 is 0 Å². The number of nitrogens with zero attached hydrogens (tertiary/aromatic N) is 2. The Balaban J connectivity index is 2.33. The van der Waals surface area contributed by atoms with Crippen molar-refractivity contribution in [3.05, 3.63) is 58.1 Å². The Morgan fingerprint density at radius 3 is 2.47 bits per heavy atom. The van der Waals surface area contributed by atoms with Crippen LogP contribution in [0.2, 0.25) is 0 Å². The number of halogens is 1. The molecule has 2 heterocycles. The first-order chi connectivity index (χ1) is 8.20. The maximum Gasteiger partial charge on any atom is 0.0763 e. The third kappa shape index (κ3) is 2.90. The van der Waals surface area contributed by atoms with E-state index in [4.69, 9.17) is 0 Å². The quantitative estimate of drug-likeness (QED) is 0.945. The summed E-state index contributed by atoms with van der Waals surface area (Å²) in [5.41, 5.74) is 3.13. The van der Waals surface area contributed by atoms with Gasteiger partial charge in [-0.3, -0.25) is 9.97 Å². The van der Waals surface area contributed by atoms with Gasteiger partial charge in [-0.2, -0.15) is 0 Å². The Hall–Kier alpha value is -1.26. The van der Waals surface area contributed by atoms with Crippen LogP contribution in [0.15, 0.2) is 41.1 Å². The number of pyridine rings is 2. The van der Waals surface area contributed by atoms with Crippen molar-refractivity contribution < 1.29 is 0 Å². The Morgan fingerprint density at radius 1 is 1.12 bits per heavy atom. The normalized spacial score (nSPS) is 12.4. The smallest absolute Gasteiger partial charge is 0.0763 e. The minimum absolute atomic E-state index is 0.0798. The van der Waals surface area contributed by atoms with Crippen LogP contribution in [0.5, 0.6) is 0 Å². The molecule has 0 fully saturated rings. The lowest BCUT2D eigenvalue weighted by Crippen LogP contribution is -2.19. The molecule has 3 nitrogen and oxygen atoms in total. The molecule has 0 spiro atoms. The van der Waals surface area contributed by atoms with Crippen molar-refractivity contribution >= 4 is 15.9 Å². The lowest BCUT2D eigenvalue weighted by Gasteiger charge is -2.15. The highest BCUT2D eigenvalue weighted by atomic mass is 79.9. The highest BCUT2D eigenvalue weighted by molar-refractivity contribution is 9.10. The lowest BCUT2D eigenvalue weighted by atomic mass is 10.1. The van der Waals surface area contributed by atoms with Crippen LogP contribution in [0.25, 0.3) is 0 Å². The Morgan fingerprint density at radius 2 is 1.94 bits per heavy atom. The van der Waals surface area contributed by atoms with Crippen LogP contribution in [0.4, 0.5) is 0 Å². The molecule has 0 aliphatic carbocycles. The summed E-state index contributed by atoms with van der Waals surface area (Å²) < 4.78 is 0.984. The standard InChI is InChI=1S/C13H14BrN3/c1-9-3-4-10(7-16-9)13(15-2)12-6-5-11(14)8-17-12/h3-8,13,15H,1-2H3.